The number of methoxy groups -OCH3 is 1. The van der Waals surface area contributed by atoms with E-state index < -0.39 is 0 Å². The molecule has 1 atom stereocenters. The van der Waals surface area contributed by atoms with E-state index in [4.69, 9.17) is 4.74 Å². The lowest BCUT2D eigenvalue weighted by Gasteiger charge is -2.34. The summed E-state index contributed by atoms with van der Waals surface area (Å²) < 4.78 is 5.46. The third kappa shape index (κ3) is 5.10. The van der Waals surface area contributed by atoms with Crippen molar-refractivity contribution in [1.82, 2.24) is 14.8 Å². The van der Waals surface area contributed by atoms with Crippen LogP contribution in [0.1, 0.15) is 36.8 Å². The molecule has 2 aromatic carbocycles. The van der Waals surface area contributed by atoms with Crippen LogP contribution in [0.2, 0.25) is 0 Å². The Kier molecular flexibility index (Phi) is 6.92. The molecule has 5 nitrogen and oxygen atoms in total. The number of hydrogen-bond donors (Lipinski definition) is 1. The molecule has 4 rings (SSSR count). The van der Waals surface area contributed by atoms with Gasteiger partial charge in [-0.3, -0.25) is 4.79 Å². The van der Waals surface area contributed by atoms with E-state index >= 15 is 0 Å². The lowest BCUT2D eigenvalue weighted by Crippen LogP contribution is -2.48. The Bertz CT molecular complexity index is 990. The van der Waals surface area contributed by atoms with Crippen LogP contribution in [0.5, 0.6) is 5.75 Å². The maximum absolute atomic E-state index is 13.2. The fraction of sp³-hybridized carbons (Fsp3) is 0.423. The number of carbonyl (C=O) groups is 1. The summed E-state index contributed by atoms with van der Waals surface area (Å²) in [6.45, 7) is 6.85. The van der Waals surface area contributed by atoms with Crippen molar-refractivity contribution in [3.05, 3.63) is 65.9 Å². The highest BCUT2D eigenvalue weighted by atomic mass is 16.5. The number of piperazine rings is 1. The van der Waals surface area contributed by atoms with E-state index in [2.05, 4.69) is 64.3 Å². The molecule has 1 aliphatic heterocycles. The number of H-pyrrole nitrogens is 1. The summed E-state index contributed by atoms with van der Waals surface area (Å²) in [5.41, 5.74) is 3.61. The molecule has 0 spiro atoms. The standard InChI is InChI=1S/C26H33N3O2/c1-3-28-13-15-29(16-14-28)26(30)17-21(10-9-20-7-5-4-6-8-20)24-19-27-25-12-11-22(31-2)18-23(24)25/h4-8,11-12,18-19,21,27H,3,9-10,13-17H2,1-2H3. The number of ether oxygens (including phenoxy) is 1. The van der Waals surface area contributed by atoms with Gasteiger partial charge in [0.1, 0.15) is 5.75 Å². The Morgan fingerprint density at radius 1 is 1.10 bits per heavy atom. The quantitative estimate of drug-likeness (QED) is 0.587. The Morgan fingerprint density at radius 2 is 1.87 bits per heavy atom. The molecule has 164 valence electrons. The fourth-order valence-corrected chi connectivity index (χ4v) is 4.59. The van der Waals surface area contributed by atoms with Crippen LogP contribution in [-0.2, 0) is 11.2 Å². The molecule has 1 aliphatic rings. The van der Waals surface area contributed by atoms with Gasteiger partial charge in [-0.25, -0.2) is 0 Å². The predicted octanol–water partition coefficient (Wildman–Crippen LogP) is 4.45. The average Bonchev–Trinajstić information content (AvgIpc) is 3.25. The van der Waals surface area contributed by atoms with Crippen molar-refractivity contribution in [2.45, 2.75) is 32.1 Å². The first-order valence-corrected chi connectivity index (χ1v) is 11.4. The molecule has 1 N–H and O–H groups in total. The molecule has 0 aliphatic carbocycles. The van der Waals surface area contributed by atoms with E-state index in [1.165, 1.54) is 11.1 Å². The number of aryl methyl sites for hydroxylation is 1. The summed E-state index contributed by atoms with van der Waals surface area (Å²) in [6.07, 6.45) is 4.53. The second-order valence-electron chi connectivity index (χ2n) is 8.40. The SMILES string of the molecule is CCN1CCN(C(=O)CC(CCc2ccccc2)c2c[nH]c3ccc(OC)cc23)CC1. The van der Waals surface area contributed by atoms with Crippen molar-refractivity contribution in [1.29, 1.82) is 0 Å². The average molecular weight is 420 g/mol. The lowest BCUT2D eigenvalue weighted by atomic mass is 9.88. The van der Waals surface area contributed by atoms with Gasteiger partial charge >= 0.3 is 0 Å². The van der Waals surface area contributed by atoms with Gasteiger partial charge in [-0.05, 0) is 54.6 Å². The topological polar surface area (TPSA) is 48.6 Å². The molecule has 3 aromatic rings. The number of amides is 1. The van der Waals surface area contributed by atoms with Crippen molar-refractivity contribution in [2.24, 2.45) is 0 Å². The van der Waals surface area contributed by atoms with Gasteiger partial charge in [0.2, 0.25) is 5.91 Å². The molecular weight excluding hydrogens is 386 g/mol. The van der Waals surface area contributed by atoms with Crippen LogP contribution in [0.15, 0.2) is 54.7 Å². The van der Waals surface area contributed by atoms with Crippen LogP contribution >= 0.6 is 0 Å². The van der Waals surface area contributed by atoms with Crippen LogP contribution in [0.3, 0.4) is 0 Å². The number of aromatic amines is 1. The van der Waals surface area contributed by atoms with Crippen molar-refractivity contribution < 1.29 is 9.53 Å². The first kappa shape index (κ1) is 21.4. The number of fused-ring (bicyclic) bond motifs is 1. The Morgan fingerprint density at radius 3 is 2.58 bits per heavy atom. The maximum Gasteiger partial charge on any atom is 0.223 e. The highest BCUT2D eigenvalue weighted by molar-refractivity contribution is 5.86. The lowest BCUT2D eigenvalue weighted by molar-refractivity contribution is -0.133. The van der Waals surface area contributed by atoms with Crippen molar-refractivity contribution in [3.8, 4) is 5.75 Å². The van der Waals surface area contributed by atoms with Crippen molar-refractivity contribution in [2.75, 3.05) is 39.8 Å². The smallest absolute Gasteiger partial charge is 0.223 e. The number of nitrogens with one attached hydrogen (secondary N) is 1. The van der Waals surface area contributed by atoms with E-state index in [0.29, 0.717) is 6.42 Å². The molecule has 1 amide bonds. The fourth-order valence-electron chi connectivity index (χ4n) is 4.59. The summed E-state index contributed by atoms with van der Waals surface area (Å²) >= 11 is 0. The Balaban J connectivity index is 1.55. The van der Waals surface area contributed by atoms with Gasteiger partial charge in [-0.1, -0.05) is 37.3 Å². The molecule has 0 bridgehead atoms. The van der Waals surface area contributed by atoms with E-state index in [9.17, 15) is 4.79 Å². The van der Waals surface area contributed by atoms with E-state index in [-0.39, 0.29) is 11.8 Å². The molecule has 1 unspecified atom stereocenters. The molecular formula is C26H33N3O2. The predicted molar refractivity (Wildman–Crippen MR) is 126 cm³/mol. The first-order chi connectivity index (χ1) is 15.2. The highest BCUT2D eigenvalue weighted by Gasteiger charge is 2.25. The first-order valence-electron chi connectivity index (χ1n) is 11.4. The van der Waals surface area contributed by atoms with Crippen LogP contribution in [0.4, 0.5) is 0 Å². The minimum absolute atomic E-state index is 0.165. The summed E-state index contributed by atoms with van der Waals surface area (Å²) in [5, 5.41) is 1.15. The molecule has 1 fully saturated rings. The highest BCUT2D eigenvalue weighted by Crippen LogP contribution is 2.34. The number of hydrogen-bond acceptors (Lipinski definition) is 3. The summed E-state index contributed by atoms with van der Waals surface area (Å²) in [5.74, 6) is 1.28. The number of nitrogens with zero attached hydrogens (tertiary/aromatic N) is 2. The zero-order valence-electron chi connectivity index (χ0n) is 18.6. The molecule has 1 saturated heterocycles. The van der Waals surface area contributed by atoms with Gasteiger partial charge in [-0.15, -0.1) is 0 Å². The molecule has 0 saturated carbocycles. The number of carbonyl (C=O) groups excluding carboxylic acids is 1. The maximum atomic E-state index is 13.2. The van der Waals surface area contributed by atoms with Gasteiger partial charge in [0.25, 0.3) is 0 Å². The van der Waals surface area contributed by atoms with Crippen LogP contribution in [0.25, 0.3) is 10.9 Å². The summed E-state index contributed by atoms with van der Waals surface area (Å²) in [7, 11) is 1.69. The normalized spacial score (nSPS) is 15.9. The Hall–Kier alpha value is -2.79. The Labute approximate surface area is 185 Å². The largest absolute Gasteiger partial charge is 0.497 e. The third-order valence-electron chi connectivity index (χ3n) is 6.58. The van der Waals surface area contributed by atoms with E-state index in [0.717, 1.165) is 62.2 Å². The van der Waals surface area contributed by atoms with Crippen LogP contribution in [0, 0.1) is 0 Å². The van der Waals surface area contributed by atoms with Crippen LogP contribution < -0.4 is 4.74 Å². The van der Waals surface area contributed by atoms with Gasteiger partial charge in [-0.2, -0.15) is 0 Å². The minimum Gasteiger partial charge on any atom is -0.497 e. The van der Waals surface area contributed by atoms with Crippen molar-refractivity contribution in [3.63, 3.8) is 0 Å². The molecule has 1 aromatic heterocycles. The molecule has 5 heteroatoms. The van der Waals surface area contributed by atoms with Crippen molar-refractivity contribution >= 4 is 16.8 Å². The number of benzene rings is 2. The van der Waals surface area contributed by atoms with E-state index in [1.807, 2.05) is 12.1 Å². The number of rotatable bonds is 8. The zero-order chi connectivity index (χ0) is 21.6. The third-order valence-corrected chi connectivity index (χ3v) is 6.58. The van der Waals surface area contributed by atoms with Gasteiger partial charge < -0.3 is 19.5 Å². The zero-order valence-corrected chi connectivity index (χ0v) is 18.6. The molecule has 0 radical (unpaired) electrons. The summed E-state index contributed by atoms with van der Waals surface area (Å²) in [6, 6.07) is 16.7. The van der Waals surface area contributed by atoms with Crippen LogP contribution in [-0.4, -0.2) is 60.5 Å². The number of likely N-dealkylation sites (N-methyl/N-ethyl adjacent to an activating group) is 1. The summed E-state index contributed by atoms with van der Waals surface area (Å²) in [4.78, 5) is 21.1. The van der Waals surface area contributed by atoms with Gasteiger partial charge in [0, 0.05) is 49.7 Å². The monoisotopic (exact) mass is 419 g/mol. The molecule has 2 heterocycles. The second-order valence-corrected chi connectivity index (χ2v) is 8.40. The second kappa shape index (κ2) is 10.0. The number of aromatic nitrogens is 1. The van der Waals surface area contributed by atoms with E-state index in [1.54, 1.807) is 7.11 Å². The molecule has 31 heavy (non-hydrogen) atoms. The van der Waals surface area contributed by atoms with Gasteiger partial charge in [0.15, 0.2) is 0 Å². The van der Waals surface area contributed by atoms with Gasteiger partial charge in [0.05, 0.1) is 7.11 Å². The minimum atomic E-state index is 0.165.